The monoisotopic (exact) mass is 442 g/mol. The second-order valence-electron chi connectivity index (χ2n) is 15.4. The summed E-state index contributed by atoms with van der Waals surface area (Å²) in [5.74, 6) is 1.81. The van der Waals surface area contributed by atoms with Crippen LogP contribution in [0.15, 0.2) is 11.6 Å². The maximum absolute atomic E-state index is 11.0. The highest BCUT2D eigenvalue weighted by Crippen LogP contribution is 2.75. The molecule has 4 saturated carbocycles. The fourth-order valence-electron chi connectivity index (χ4n) is 10.7. The van der Waals surface area contributed by atoms with Crippen molar-refractivity contribution in [1.82, 2.24) is 0 Å². The normalized spacial score (nSPS) is 56.2. The standard InChI is InChI=1S/C30H50O2/c1-25(2)13-14-27(5)15-16-29(7)19(20(27)17-25)9-10-23-28(6)18-21(31)24(32)26(3,4)22(28)11-12-30(23,29)8/h9,20-24,31-32H,10-18H2,1-8H3/t20-,21?,22?,23-,24?,27-,28+,29-,30-/m1/s1. The second kappa shape index (κ2) is 6.66. The van der Waals surface area contributed by atoms with E-state index in [-0.39, 0.29) is 21.7 Å². The van der Waals surface area contributed by atoms with Crippen LogP contribution in [0, 0.1) is 50.2 Å². The lowest BCUT2D eigenvalue weighted by atomic mass is 9.33. The molecule has 0 radical (unpaired) electrons. The Kier molecular flexibility index (Phi) is 4.87. The van der Waals surface area contributed by atoms with Crippen LogP contribution in [-0.2, 0) is 0 Å². The van der Waals surface area contributed by atoms with Gasteiger partial charge in [0.05, 0.1) is 12.2 Å². The van der Waals surface area contributed by atoms with Gasteiger partial charge in [0.15, 0.2) is 0 Å². The summed E-state index contributed by atoms with van der Waals surface area (Å²) in [6.45, 7) is 19.8. The lowest BCUT2D eigenvalue weighted by Gasteiger charge is -2.71. The maximum atomic E-state index is 11.0. The van der Waals surface area contributed by atoms with E-state index in [4.69, 9.17) is 0 Å². The Hall–Kier alpha value is -0.340. The largest absolute Gasteiger partial charge is 0.390 e. The molecule has 0 amide bonds. The topological polar surface area (TPSA) is 40.5 Å². The van der Waals surface area contributed by atoms with Gasteiger partial charge >= 0.3 is 0 Å². The van der Waals surface area contributed by atoms with Crippen molar-refractivity contribution in [1.29, 1.82) is 0 Å². The maximum Gasteiger partial charge on any atom is 0.0852 e. The Balaban J connectivity index is 1.58. The van der Waals surface area contributed by atoms with Gasteiger partial charge in [-0.2, -0.15) is 0 Å². The van der Waals surface area contributed by atoms with E-state index < -0.39 is 12.2 Å². The third-order valence-electron chi connectivity index (χ3n) is 13.0. The molecule has 0 aromatic rings. The Morgan fingerprint density at radius 2 is 1.44 bits per heavy atom. The minimum absolute atomic E-state index is 0.0901. The number of allylic oxidation sites excluding steroid dienone is 2. The molecule has 5 aliphatic rings. The van der Waals surface area contributed by atoms with E-state index >= 15 is 0 Å². The molecule has 0 bridgehead atoms. The van der Waals surface area contributed by atoms with Crippen LogP contribution >= 0.6 is 0 Å². The van der Waals surface area contributed by atoms with Crippen molar-refractivity contribution < 1.29 is 10.2 Å². The van der Waals surface area contributed by atoms with Gasteiger partial charge < -0.3 is 10.2 Å². The van der Waals surface area contributed by atoms with Crippen LogP contribution in [0.25, 0.3) is 0 Å². The molecule has 0 aromatic carbocycles. The van der Waals surface area contributed by atoms with Gasteiger partial charge in [-0.05, 0) is 108 Å². The fourth-order valence-corrected chi connectivity index (χ4v) is 10.7. The molecule has 5 rings (SSSR count). The first-order valence-corrected chi connectivity index (χ1v) is 13.7. The summed E-state index contributed by atoms with van der Waals surface area (Å²) in [4.78, 5) is 0. The Bertz CT molecular complexity index is 825. The number of rotatable bonds is 0. The lowest BCUT2D eigenvalue weighted by molar-refractivity contribution is -0.231. The first-order valence-electron chi connectivity index (χ1n) is 13.7. The molecule has 4 fully saturated rings. The smallest absolute Gasteiger partial charge is 0.0852 e. The molecule has 0 aliphatic heterocycles. The minimum atomic E-state index is -0.602. The lowest BCUT2D eigenvalue weighted by Crippen LogP contribution is -2.66. The first kappa shape index (κ1) is 23.4. The van der Waals surface area contributed by atoms with E-state index in [1.807, 2.05) is 5.57 Å². The molecule has 9 atom stereocenters. The zero-order valence-electron chi connectivity index (χ0n) is 22.2. The average molecular weight is 443 g/mol. The van der Waals surface area contributed by atoms with E-state index in [2.05, 4.69) is 61.5 Å². The van der Waals surface area contributed by atoms with Gasteiger partial charge in [0.2, 0.25) is 0 Å². The highest BCUT2D eigenvalue weighted by Gasteiger charge is 2.68. The van der Waals surface area contributed by atoms with Crippen LogP contribution in [0.4, 0.5) is 0 Å². The second-order valence-corrected chi connectivity index (χ2v) is 15.4. The molecule has 0 saturated heterocycles. The van der Waals surface area contributed by atoms with Crippen LogP contribution in [-0.4, -0.2) is 22.4 Å². The first-order chi connectivity index (χ1) is 14.6. The van der Waals surface area contributed by atoms with Gasteiger partial charge in [0.1, 0.15) is 0 Å². The quantitative estimate of drug-likeness (QED) is 0.391. The Labute approximate surface area is 197 Å². The Morgan fingerprint density at radius 3 is 2.12 bits per heavy atom. The average Bonchev–Trinajstić information content (AvgIpc) is 2.68. The Morgan fingerprint density at radius 1 is 0.781 bits per heavy atom. The summed E-state index contributed by atoms with van der Waals surface area (Å²) in [5, 5.41) is 21.9. The van der Waals surface area contributed by atoms with Crippen LogP contribution in [0.5, 0.6) is 0 Å². The van der Waals surface area contributed by atoms with Crippen molar-refractivity contribution in [3.8, 4) is 0 Å². The number of aliphatic hydroxyl groups excluding tert-OH is 2. The third kappa shape index (κ3) is 2.78. The molecular weight excluding hydrogens is 392 g/mol. The molecule has 182 valence electrons. The summed E-state index contributed by atoms with van der Waals surface area (Å²) in [5.41, 5.74) is 3.17. The van der Waals surface area contributed by atoms with Crippen molar-refractivity contribution in [3.63, 3.8) is 0 Å². The van der Waals surface area contributed by atoms with Crippen molar-refractivity contribution >= 4 is 0 Å². The van der Waals surface area contributed by atoms with E-state index in [1.54, 1.807) is 0 Å². The SMILES string of the molecule is CC1(C)CC[C@]2(C)CC[C@]3(C)C(=CC[C@@H]4[C@@]5(C)CC(O)C(O)C(C)(C)C5CC[C@]43C)[C@H]2C1. The molecule has 0 aromatic heterocycles. The van der Waals surface area contributed by atoms with Gasteiger partial charge in [-0.25, -0.2) is 0 Å². The minimum Gasteiger partial charge on any atom is -0.390 e. The van der Waals surface area contributed by atoms with Crippen LogP contribution < -0.4 is 0 Å². The zero-order valence-corrected chi connectivity index (χ0v) is 22.2. The molecule has 32 heavy (non-hydrogen) atoms. The van der Waals surface area contributed by atoms with Crippen molar-refractivity contribution in [3.05, 3.63) is 11.6 Å². The van der Waals surface area contributed by atoms with E-state index in [9.17, 15) is 10.2 Å². The number of hydrogen-bond acceptors (Lipinski definition) is 2. The summed E-state index contributed by atoms with van der Waals surface area (Å²) in [7, 11) is 0. The molecule has 2 nitrogen and oxygen atoms in total. The molecule has 2 N–H and O–H groups in total. The highest BCUT2D eigenvalue weighted by molar-refractivity contribution is 5.33. The molecule has 0 spiro atoms. The van der Waals surface area contributed by atoms with Gasteiger partial charge in [-0.1, -0.05) is 67.0 Å². The molecule has 3 unspecified atom stereocenters. The summed E-state index contributed by atoms with van der Waals surface area (Å²) in [6, 6.07) is 0. The van der Waals surface area contributed by atoms with Crippen molar-refractivity contribution in [2.24, 2.45) is 50.2 Å². The summed E-state index contributed by atoms with van der Waals surface area (Å²) >= 11 is 0. The van der Waals surface area contributed by atoms with Gasteiger partial charge in [-0.15, -0.1) is 0 Å². The number of fused-ring (bicyclic) bond motifs is 7. The molecule has 5 aliphatic carbocycles. The van der Waals surface area contributed by atoms with E-state index in [1.165, 1.54) is 51.4 Å². The predicted octanol–water partition coefficient (Wildman–Crippen LogP) is 7.14. The van der Waals surface area contributed by atoms with Crippen LogP contribution in [0.1, 0.15) is 113 Å². The van der Waals surface area contributed by atoms with Gasteiger partial charge in [-0.3, -0.25) is 0 Å². The van der Waals surface area contributed by atoms with Crippen molar-refractivity contribution in [2.75, 3.05) is 0 Å². The summed E-state index contributed by atoms with van der Waals surface area (Å²) in [6.07, 6.45) is 12.7. The van der Waals surface area contributed by atoms with E-state index in [0.29, 0.717) is 22.7 Å². The van der Waals surface area contributed by atoms with Gasteiger partial charge in [0.25, 0.3) is 0 Å². The summed E-state index contributed by atoms with van der Waals surface area (Å²) < 4.78 is 0. The molecule has 2 heteroatoms. The molecular formula is C30H50O2. The van der Waals surface area contributed by atoms with Crippen molar-refractivity contribution in [2.45, 2.75) is 125 Å². The zero-order chi connectivity index (χ0) is 23.5. The molecule has 0 heterocycles. The fraction of sp³-hybridized carbons (Fsp3) is 0.933. The van der Waals surface area contributed by atoms with Crippen LogP contribution in [0.2, 0.25) is 0 Å². The highest BCUT2D eigenvalue weighted by atomic mass is 16.3. The number of aliphatic hydroxyl groups is 2. The van der Waals surface area contributed by atoms with Gasteiger partial charge in [0, 0.05) is 0 Å². The third-order valence-corrected chi connectivity index (χ3v) is 13.0. The predicted molar refractivity (Wildman–Crippen MR) is 132 cm³/mol. The number of hydrogen-bond donors (Lipinski definition) is 2. The van der Waals surface area contributed by atoms with Crippen LogP contribution in [0.3, 0.4) is 0 Å². The van der Waals surface area contributed by atoms with E-state index in [0.717, 1.165) is 12.3 Å².